The molecule has 0 aromatic heterocycles. The molecule has 1 rings (SSSR count). The Labute approximate surface area is 82.9 Å². The fourth-order valence-corrected chi connectivity index (χ4v) is 1.80. The van der Waals surface area contributed by atoms with Gasteiger partial charge < -0.3 is 15.7 Å². The van der Waals surface area contributed by atoms with Crippen LogP contribution in [0.3, 0.4) is 0 Å². The lowest BCUT2D eigenvalue weighted by Gasteiger charge is -2.25. The van der Waals surface area contributed by atoms with Crippen LogP contribution < -0.4 is 5.73 Å². The first-order valence-corrected chi connectivity index (χ1v) is 4.80. The Hall–Kier alpha value is -1.10. The van der Waals surface area contributed by atoms with E-state index in [9.17, 15) is 9.59 Å². The van der Waals surface area contributed by atoms with Crippen molar-refractivity contribution in [3.8, 4) is 0 Å². The fraction of sp³-hybridized carbons (Fsp3) is 0.778. The summed E-state index contributed by atoms with van der Waals surface area (Å²) in [7, 11) is 0. The van der Waals surface area contributed by atoms with E-state index in [1.54, 1.807) is 11.8 Å². The van der Waals surface area contributed by atoms with Gasteiger partial charge in [0.2, 0.25) is 5.91 Å². The molecule has 1 aliphatic heterocycles. The first-order valence-electron chi connectivity index (χ1n) is 4.80. The summed E-state index contributed by atoms with van der Waals surface area (Å²) < 4.78 is 0. The van der Waals surface area contributed by atoms with Gasteiger partial charge in [0.25, 0.3) is 0 Å². The standard InChI is InChI=1S/C9H16N2O3/c1-6(10)9(14)11-4-2-3-7(11)5-8(12)13/h6-7H,2-5,10H2,1H3,(H,12,13)/t6-,7?/m1/s1. The summed E-state index contributed by atoms with van der Waals surface area (Å²) in [6.07, 6.45) is 1.67. The molecule has 0 radical (unpaired) electrons. The number of carboxylic acid groups (broad SMARTS) is 1. The van der Waals surface area contributed by atoms with Crippen molar-refractivity contribution in [1.82, 2.24) is 4.90 Å². The summed E-state index contributed by atoms with van der Waals surface area (Å²) in [5, 5.41) is 8.64. The van der Waals surface area contributed by atoms with Gasteiger partial charge in [-0.3, -0.25) is 9.59 Å². The van der Waals surface area contributed by atoms with Gasteiger partial charge in [-0.1, -0.05) is 0 Å². The highest BCUT2D eigenvalue weighted by Gasteiger charge is 2.31. The summed E-state index contributed by atoms with van der Waals surface area (Å²) in [6, 6.07) is -0.699. The third-order valence-corrected chi connectivity index (χ3v) is 2.46. The molecule has 5 nitrogen and oxygen atoms in total. The number of nitrogens with two attached hydrogens (primary N) is 1. The Kier molecular flexibility index (Phi) is 3.46. The van der Waals surface area contributed by atoms with Crippen LogP contribution in [-0.2, 0) is 9.59 Å². The second-order valence-electron chi connectivity index (χ2n) is 3.71. The molecule has 5 heteroatoms. The van der Waals surface area contributed by atoms with Crippen molar-refractivity contribution in [2.75, 3.05) is 6.54 Å². The number of amides is 1. The molecular formula is C9H16N2O3. The molecule has 0 spiro atoms. The van der Waals surface area contributed by atoms with Gasteiger partial charge in [-0.15, -0.1) is 0 Å². The van der Waals surface area contributed by atoms with Crippen molar-refractivity contribution in [3.63, 3.8) is 0 Å². The molecule has 80 valence electrons. The van der Waals surface area contributed by atoms with Gasteiger partial charge in [0.05, 0.1) is 12.5 Å². The average Bonchev–Trinajstić information content (AvgIpc) is 2.49. The van der Waals surface area contributed by atoms with Crippen LogP contribution in [0.15, 0.2) is 0 Å². The van der Waals surface area contributed by atoms with Gasteiger partial charge in [0, 0.05) is 12.6 Å². The Morgan fingerprint density at radius 2 is 2.29 bits per heavy atom. The summed E-state index contributed by atoms with van der Waals surface area (Å²) in [4.78, 5) is 23.7. The maximum absolute atomic E-state index is 11.5. The van der Waals surface area contributed by atoms with Gasteiger partial charge >= 0.3 is 5.97 Å². The van der Waals surface area contributed by atoms with E-state index in [2.05, 4.69) is 0 Å². The molecule has 0 bridgehead atoms. The van der Waals surface area contributed by atoms with E-state index >= 15 is 0 Å². The minimum Gasteiger partial charge on any atom is -0.481 e. The van der Waals surface area contributed by atoms with Crippen LogP contribution in [-0.4, -0.2) is 40.5 Å². The number of hydrogen-bond acceptors (Lipinski definition) is 3. The SMILES string of the molecule is C[C@@H](N)C(=O)N1CCCC1CC(=O)O. The van der Waals surface area contributed by atoms with Crippen LogP contribution >= 0.6 is 0 Å². The molecule has 0 aromatic rings. The lowest BCUT2D eigenvalue weighted by molar-refractivity contribution is -0.140. The predicted octanol–water partition coefficient (Wildman–Crippen LogP) is -0.201. The fourth-order valence-electron chi connectivity index (χ4n) is 1.80. The molecule has 0 saturated carbocycles. The maximum Gasteiger partial charge on any atom is 0.305 e. The molecule has 1 amide bonds. The minimum absolute atomic E-state index is 0.0263. The van der Waals surface area contributed by atoms with E-state index in [4.69, 9.17) is 10.8 Å². The van der Waals surface area contributed by atoms with Crippen molar-refractivity contribution in [1.29, 1.82) is 0 Å². The number of nitrogens with zero attached hydrogens (tertiary/aromatic N) is 1. The number of likely N-dealkylation sites (tertiary alicyclic amines) is 1. The van der Waals surface area contributed by atoms with Crippen molar-refractivity contribution < 1.29 is 14.7 Å². The third kappa shape index (κ3) is 2.45. The molecule has 3 N–H and O–H groups in total. The minimum atomic E-state index is -0.862. The molecule has 0 aromatic carbocycles. The van der Waals surface area contributed by atoms with Gasteiger partial charge in [0.1, 0.15) is 0 Å². The molecule has 0 aliphatic carbocycles. The second-order valence-corrected chi connectivity index (χ2v) is 3.71. The number of carboxylic acids is 1. The van der Waals surface area contributed by atoms with E-state index in [1.807, 2.05) is 0 Å². The van der Waals surface area contributed by atoms with Crippen LogP contribution in [0, 0.1) is 0 Å². The molecule has 1 heterocycles. The van der Waals surface area contributed by atoms with Gasteiger partial charge in [-0.05, 0) is 19.8 Å². The topological polar surface area (TPSA) is 83.6 Å². The Morgan fingerprint density at radius 3 is 2.79 bits per heavy atom. The zero-order chi connectivity index (χ0) is 10.7. The van der Waals surface area contributed by atoms with Crippen LogP contribution in [0.2, 0.25) is 0 Å². The second kappa shape index (κ2) is 4.41. The van der Waals surface area contributed by atoms with Crippen molar-refractivity contribution in [2.24, 2.45) is 5.73 Å². The largest absolute Gasteiger partial charge is 0.481 e. The monoisotopic (exact) mass is 200 g/mol. The first-order chi connectivity index (χ1) is 6.52. The van der Waals surface area contributed by atoms with Gasteiger partial charge in [-0.2, -0.15) is 0 Å². The van der Waals surface area contributed by atoms with E-state index in [0.717, 1.165) is 12.8 Å². The quantitative estimate of drug-likeness (QED) is 0.660. The lowest BCUT2D eigenvalue weighted by atomic mass is 10.1. The summed E-state index contributed by atoms with van der Waals surface area (Å²) in [6.45, 7) is 2.26. The lowest BCUT2D eigenvalue weighted by Crippen LogP contribution is -2.45. The summed E-state index contributed by atoms with van der Waals surface area (Å²) >= 11 is 0. The highest BCUT2D eigenvalue weighted by molar-refractivity contribution is 5.82. The van der Waals surface area contributed by atoms with Crippen LogP contribution in [0.4, 0.5) is 0 Å². The third-order valence-electron chi connectivity index (χ3n) is 2.46. The first kappa shape index (κ1) is 11.0. The normalized spacial score (nSPS) is 23.6. The number of rotatable bonds is 3. The molecule has 14 heavy (non-hydrogen) atoms. The molecule has 1 saturated heterocycles. The molecule has 1 aliphatic rings. The van der Waals surface area contributed by atoms with Gasteiger partial charge in [0.15, 0.2) is 0 Å². The molecule has 1 unspecified atom stereocenters. The number of carbonyl (C=O) groups is 2. The van der Waals surface area contributed by atoms with E-state index in [-0.39, 0.29) is 18.4 Å². The van der Waals surface area contributed by atoms with E-state index in [0.29, 0.717) is 6.54 Å². The van der Waals surface area contributed by atoms with Crippen LogP contribution in [0.1, 0.15) is 26.2 Å². The van der Waals surface area contributed by atoms with Crippen molar-refractivity contribution >= 4 is 11.9 Å². The highest BCUT2D eigenvalue weighted by Crippen LogP contribution is 2.20. The number of carbonyl (C=O) groups excluding carboxylic acids is 1. The predicted molar refractivity (Wildman–Crippen MR) is 50.6 cm³/mol. The molecule has 2 atom stereocenters. The summed E-state index contributed by atoms with van der Waals surface area (Å²) in [5.74, 6) is -1.01. The van der Waals surface area contributed by atoms with Crippen LogP contribution in [0.5, 0.6) is 0 Å². The zero-order valence-corrected chi connectivity index (χ0v) is 8.27. The van der Waals surface area contributed by atoms with Crippen molar-refractivity contribution in [2.45, 2.75) is 38.3 Å². The van der Waals surface area contributed by atoms with Crippen LogP contribution in [0.25, 0.3) is 0 Å². The van der Waals surface area contributed by atoms with E-state index in [1.165, 1.54) is 0 Å². The van der Waals surface area contributed by atoms with E-state index < -0.39 is 12.0 Å². The highest BCUT2D eigenvalue weighted by atomic mass is 16.4. The Morgan fingerprint density at radius 1 is 1.64 bits per heavy atom. The Bertz CT molecular complexity index is 240. The Balaban J connectivity index is 2.59. The summed E-state index contributed by atoms with van der Waals surface area (Å²) in [5.41, 5.74) is 5.47. The molecule has 1 fully saturated rings. The average molecular weight is 200 g/mol. The molecular weight excluding hydrogens is 184 g/mol. The number of aliphatic carboxylic acids is 1. The van der Waals surface area contributed by atoms with Gasteiger partial charge in [-0.25, -0.2) is 0 Å². The zero-order valence-electron chi connectivity index (χ0n) is 8.27. The maximum atomic E-state index is 11.5. The number of hydrogen-bond donors (Lipinski definition) is 2. The van der Waals surface area contributed by atoms with Crippen molar-refractivity contribution in [3.05, 3.63) is 0 Å². The smallest absolute Gasteiger partial charge is 0.305 e.